The second kappa shape index (κ2) is 6.76. The van der Waals surface area contributed by atoms with Crippen LogP contribution in [0.15, 0.2) is 53.7 Å². The van der Waals surface area contributed by atoms with Gasteiger partial charge in [0.05, 0.1) is 5.75 Å². The Balaban J connectivity index is 1.88. The Morgan fingerprint density at radius 2 is 2.00 bits per heavy atom. The number of hydrogen-bond donors (Lipinski definition) is 1. The summed E-state index contributed by atoms with van der Waals surface area (Å²) in [6.45, 7) is 0. The number of carbonyl (C=O) groups excluding carboxylic acids is 1. The minimum atomic E-state index is -0.130. The number of amides is 1. The van der Waals surface area contributed by atoms with Crippen molar-refractivity contribution in [3.05, 3.63) is 57.4 Å². The average Bonchev–Trinajstić information content (AvgIpc) is 2.40. The van der Waals surface area contributed by atoms with Crippen LogP contribution in [0.25, 0.3) is 0 Å². The number of pyridine rings is 1. The van der Waals surface area contributed by atoms with Crippen molar-refractivity contribution in [2.75, 3.05) is 11.1 Å². The van der Waals surface area contributed by atoms with E-state index in [1.165, 1.54) is 18.0 Å². The van der Waals surface area contributed by atoms with E-state index in [9.17, 15) is 10.0 Å². The molecule has 0 unspecified atom stereocenters. The summed E-state index contributed by atoms with van der Waals surface area (Å²) in [7, 11) is 0. The summed E-state index contributed by atoms with van der Waals surface area (Å²) in [4.78, 5) is 11.7. The topological polar surface area (TPSA) is 56.0 Å². The van der Waals surface area contributed by atoms with Gasteiger partial charge in [0, 0.05) is 21.4 Å². The lowest BCUT2D eigenvalue weighted by Gasteiger charge is -2.05. The van der Waals surface area contributed by atoms with Gasteiger partial charge in [0.1, 0.15) is 0 Å². The summed E-state index contributed by atoms with van der Waals surface area (Å²) < 4.78 is 1.87. The molecule has 0 aliphatic carbocycles. The van der Waals surface area contributed by atoms with Crippen molar-refractivity contribution in [1.82, 2.24) is 0 Å². The number of anilines is 1. The maximum atomic E-state index is 11.7. The highest BCUT2D eigenvalue weighted by Crippen LogP contribution is 2.14. The molecule has 2 rings (SSSR count). The lowest BCUT2D eigenvalue weighted by Crippen LogP contribution is -2.28. The van der Waals surface area contributed by atoms with Crippen molar-refractivity contribution in [2.24, 2.45) is 0 Å². The van der Waals surface area contributed by atoms with Crippen LogP contribution in [0.5, 0.6) is 0 Å². The van der Waals surface area contributed by atoms with Crippen molar-refractivity contribution >= 4 is 45.9 Å². The van der Waals surface area contributed by atoms with Crippen molar-refractivity contribution in [1.29, 1.82) is 0 Å². The molecule has 98 valence electrons. The van der Waals surface area contributed by atoms with Crippen molar-refractivity contribution in [3.63, 3.8) is 0 Å². The Morgan fingerprint density at radius 1 is 1.26 bits per heavy atom. The molecule has 6 heteroatoms. The molecule has 1 amide bonds. The molecule has 1 heterocycles. The van der Waals surface area contributed by atoms with Crippen LogP contribution in [-0.2, 0) is 4.79 Å². The molecule has 0 aliphatic heterocycles. The molecule has 0 aliphatic rings. The van der Waals surface area contributed by atoms with E-state index in [4.69, 9.17) is 0 Å². The molecule has 0 spiro atoms. The molecule has 0 saturated carbocycles. The fourth-order valence-electron chi connectivity index (χ4n) is 1.39. The standard InChI is InChI=1S/C13H11IN2O2S/c14-10-4-6-11(7-5-10)15-12(17)9-19-13-3-1-2-8-16(13)18/h1-8H,9H2,(H,15,17). The van der Waals surface area contributed by atoms with Gasteiger partial charge in [-0.2, -0.15) is 4.73 Å². The van der Waals surface area contributed by atoms with E-state index in [-0.39, 0.29) is 11.7 Å². The average molecular weight is 386 g/mol. The molecule has 2 aromatic rings. The molecule has 1 N–H and O–H groups in total. The third-order valence-corrected chi connectivity index (χ3v) is 4.01. The SMILES string of the molecule is O=C(CSc1cccc[n+]1[O-])Nc1ccc(I)cc1. The summed E-state index contributed by atoms with van der Waals surface area (Å²) >= 11 is 3.42. The highest BCUT2D eigenvalue weighted by atomic mass is 127. The van der Waals surface area contributed by atoms with E-state index >= 15 is 0 Å². The molecular formula is C13H11IN2O2S. The quantitative estimate of drug-likeness (QED) is 0.381. The van der Waals surface area contributed by atoms with Crippen molar-refractivity contribution in [2.45, 2.75) is 5.03 Å². The molecule has 19 heavy (non-hydrogen) atoms. The van der Waals surface area contributed by atoms with Crippen LogP contribution < -0.4 is 10.0 Å². The molecule has 4 nitrogen and oxygen atoms in total. The lowest BCUT2D eigenvalue weighted by molar-refractivity contribution is -0.645. The smallest absolute Gasteiger partial charge is 0.251 e. The van der Waals surface area contributed by atoms with E-state index in [1.54, 1.807) is 18.2 Å². The largest absolute Gasteiger partial charge is 0.618 e. The number of aromatic nitrogens is 1. The summed E-state index contributed by atoms with van der Waals surface area (Å²) in [6.07, 6.45) is 1.42. The van der Waals surface area contributed by atoms with Gasteiger partial charge < -0.3 is 10.5 Å². The Bertz CT molecular complexity index is 575. The summed E-state index contributed by atoms with van der Waals surface area (Å²) in [5.41, 5.74) is 0.758. The predicted octanol–water partition coefficient (Wildman–Crippen LogP) is 2.66. The lowest BCUT2D eigenvalue weighted by atomic mass is 10.3. The normalized spacial score (nSPS) is 10.2. The summed E-state index contributed by atoms with van der Waals surface area (Å²) in [6, 6.07) is 12.7. The van der Waals surface area contributed by atoms with Crippen molar-refractivity contribution in [3.8, 4) is 0 Å². The van der Waals surface area contributed by atoms with Gasteiger partial charge in [-0.05, 0) is 64.7 Å². The van der Waals surface area contributed by atoms with Crippen LogP contribution in [0.3, 0.4) is 0 Å². The van der Waals surface area contributed by atoms with Crippen LogP contribution >= 0.6 is 34.4 Å². The minimum absolute atomic E-state index is 0.130. The number of nitrogens with one attached hydrogen (secondary N) is 1. The Hall–Kier alpha value is -1.28. The number of halogens is 1. The maximum absolute atomic E-state index is 11.7. The monoisotopic (exact) mass is 386 g/mol. The van der Waals surface area contributed by atoms with E-state index in [0.29, 0.717) is 5.03 Å². The molecule has 1 aromatic heterocycles. The highest BCUT2D eigenvalue weighted by Gasteiger charge is 2.08. The molecule has 0 atom stereocenters. The number of thioether (sulfide) groups is 1. The van der Waals surface area contributed by atoms with Crippen LogP contribution in [0, 0.1) is 8.78 Å². The van der Waals surface area contributed by atoms with Gasteiger partial charge >= 0.3 is 0 Å². The number of rotatable bonds is 4. The van der Waals surface area contributed by atoms with E-state index in [0.717, 1.165) is 14.0 Å². The van der Waals surface area contributed by atoms with Crippen molar-refractivity contribution < 1.29 is 9.52 Å². The summed E-state index contributed by atoms with van der Waals surface area (Å²) in [5.74, 6) is 0.0770. The first-order valence-electron chi connectivity index (χ1n) is 5.51. The van der Waals surface area contributed by atoms with Crippen LogP contribution in [0.4, 0.5) is 5.69 Å². The van der Waals surface area contributed by atoms with E-state index in [2.05, 4.69) is 27.9 Å². The molecule has 0 fully saturated rings. The van der Waals surface area contributed by atoms with Gasteiger partial charge in [0.15, 0.2) is 6.20 Å². The van der Waals surface area contributed by atoms with Gasteiger partial charge in [0.25, 0.3) is 5.03 Å². The second-order valence-corrected chi connectivity index (χ2v) is 5.95. The predicted molar refractivity (Wildman–Crippen MR) is 83.9 cm³/mol. The number of benzene rings is 1. The zero-order valence-electron chi connectivity index (χ0n) is 9.88. The van der Waals surface area contributed by atoms with Gasteiger partial charge in [-0.15, -0.1) is 0 Å². The number of hydrogen-bond acceptors (Lipinski definition) is 3. The highest BCUT2D eigenvalue weighted by molar-refractivity contribution is 14.1. The zero-order valence-corrected chi connectivity index (χ0v) is 12.8. The fourth-order valence-corrected chi connectivity index (χ4v) is 2.47. The number of carbonyl (C=O) groups is 1. The summed E-state index contributed by atoms with van der Waals surface area (Å²) in [5, 5.41) is 14.7. The Kier molecular flexibility index (Phi) is 5.03. The third kappa shape index (κ3) is 4.39. The maximum Gasteiger partial charge on any atom is 0.251 e. The number of nitrogens with zero attached hydrogens (tertiary/aromatic N) is 1. The molecular weight excluding hydrogens is 375 g/mol. The van der Waals surface area contributed by atoms with Gasteiger partial charge in [0.2, 0.25) is 5.91 Å². The van der Waals surface area contributed by atoms with Crippen LogP contribution in [0.2, 0.25) is 0 Å². The minimum Gasteiger partial charge on any atom is -0.618 e. The Morgan fingerprint density at radius 3 is 2.68 bits per heavy atom. The van der Waals surface area contributed by atoms with Gasteiger partial charge in [-0.25, -0.2) is 0 Å². The molecule has 1 aromatic carbocycles. The first kappa shape index (κ1) is 14.1. The van der Waals surface area contributed by atoms with Crippen LogP contribution in [-0.4, -0.2) is 11.7 Å². The molecule has 0 saturated heterocycles. The van der Waals surface area contributed by atoms with E-state index < -0.39 is 0 Å². The molecule has 0 radical (unpaired) electrons. The zero-order chi connectivity index (χ0) is 13.7. The second-order valence-electron chi connectivity index (χ2n) is 3.71. The van der Waals surface area contributed by atoms with Gasteiger partial charge in [-0.1, -0.05) is 0 Å². The third-order valence-electron chi connectivity index (χ3n) is 2.27. The first-order chi connectivity index (χ1) is 9.15. The van der Waals surface area contributed by atoms with Crippen LogP contribution in [0.1, 0.15) is 0 Å². The first-order valence-corrected chi connectivity index (χ1v) is 7.58. The van der Waals surface area contributed by atoms with Gasteiger partial charge in [-0.3, -0.25) is 4.79 Å². The fraction of sp³-hybridized carbons (Fsp3) is 0.0769. The molecule has 0 bridgehead atoms. The Labute approximate surface area is 128 Å². The van der Waals surface area contributed by atoms with E-state index in [1.807, 2.05) is 24.3 Å².